The van der Waals surface area contributed by atoms with E-state index in [9.17, 15) is 25.7 Å². The smallest absolute Gasteiger partial charge is 0.241 e. The molecule has 552 valence electrons. The number of β-amino-alcohol motifs (C(OH)–C–C–N with tert-alkyl or cyclic N) is 1. The fourth-order valence-electron chi connectivity index (χ4n) is 13.6. The number of amides is 1. The second kappa shape index (κ2) is 35.6. The van der Waals surface area contributed by atoms with Crippen molar-refractivity contribution in [3.8, 4) is 63.9 Å². The maximum Gasteiger partial charge on any atom is 0.241 e. The number of rotatable bonds is 20. The molecule has 10 heterocycles. The van der Waals surface area contributed by atoms with Crippen molar-refractivity contribution in [1.82, 2.24) is 40.1 Å². The highest BCUT2D eigenvalue weighted by Crippen LogP contribution is 2.34. The lowest BCUT2D eigenvalue weighted by molar-refractivity contribution is -0.117. The summed E-state index contributed by atoms with van der Waals surface area (Å²) in [5.41, 5.74) is 10.7. The summed E-state index contributed by atoms with van der Waals surface area (Å²) in [4.78, 5) is 49.0. The molecule has 7 aliphatic rings. The molecule has 27 nitrogen and oxygen atoms in total. The third kappa shape index (κ3) is 18.7. The van der Waals surface area contributed by atoms with E-state index in [0.29, 0.717) is 125 Å². The van der Waals surface area contributed by atoms with Crippen molar-refractivity contribution in [2.45, 2.75) is 68.9 Å². The summed E-state index contributed by atoms with van der Waals surface area (Å²) in [6, 6.07) is 51.0. The number of aliphatic hydroxyl groups is 1. The Hall–Kier alpha value is -11.7. The molecule has 108 heavy (non-hydrogen) atoms. The lowest BCUT2D eigenvalue weighted by atomic mass is 10.0. The van der Waals surface area contributed by atoms with Crippen LogP contribution < -0.4 is 50.8 Å². The SMILES string of the molecule is N#Cc1cc(-c2nccc(Nc3ccc(N4CCOCC4)cc3)n2)ccc1NC(=O)C1CCCN1.N#Cc1cc(Nc2ccnc(-c3ccc(OC4CCOCC4)c(C#N)c3)n2)ccc1OC1CCOCC1.N=Cc1cc(-c2nccc(Nc3ccc(N4CCN(C5COC5)CC4)cc3)n2)ccc1N1CC(O)C1. The number of carbonyl (C=O) groups is 1. The van der Waals surface area contributed by atoms with Gasteiger partial charge in [-0.25, -0.2) is 29.9 Å². The van der Waals surface area contributed by atoms with Crippen molar-refractivity contribution in [3.05, 3.63) is 180 Å². The average molecular weight is 1450 g/mol. The van der Waals surface area contributed by atoms with E-state index in [1.807, 2.05) is 54.6 Å². The van der Waals surface area contributed by atoms with Gasteiger partial charge in [-0.3, -0.25) is 9.69 Å². The Labute approximate surface area is 627 Å². The van der Waals surface area contributed by atoms with Gasteiger partial charge >= 0.3 is 0 Å². The van der Waals surface area contributed by atoms with Gasteiger partial charge < -0.3 is 80.2 Å². The van der Waals surface area contributed by atoms with Crippen molar-refractivity contribution < 1.29 is 38.3 Å². The van der Waals surface area contributed by atoms with Crippen LogP contribution >= 0.6 is 0 Å². The van der Waals surface area contributed by atoms with Gasteiger partial charge in [0.15, 0.2) is 17.5 Å². The molecule has 1 unspecified atom stereocenters. The molecule has 7 fully saturated rings. The van der Waals surface area contributed by atoms with E-state index in [1.165, 1.54) is 17.6 Å². The second-order valence-electron chi connectivity index (χ2n) is 27.1. The molecule has 27 heteroatoms. The molecule has 0 saturated carbocycles. The van der Waals surface area contributed by atoms with E-state index in [0.717, 1.165) is 145 Å². The summed E-state index contributed by atoms with van der Waals surface area (Å²) in [5, 5.41) is 62.4. The second-order valence-corrected chi connectivity index (χ2v) is 27.1. The molecule has 7 N–H and O–H groups in total. The summed E-state index contributed by atoms with van der Waals surface area (Å²) in [6.45, 7) is 14.0. The molecule has 0 radical (unpaired) electrons. The Bertz CT molecular complexity index is 4700. The third-order valence-corrected chi connectivity index (χ3v) is 19.8. The maximum atomic E-state index is 12.4. The highest BCUT2D eigenvalue weighted by Gasteiger charge is 2.30. The van der Waals surface area contributed by atoms with Crippen LogP contribution in [0.2, 0.25) is 0 Å². The summed E-state index contributed by atoms with van der Waals surface area (Å²) < 4.78 is 33.6. The lowest BCUT2D eigenvalue weighted by Crippen LogP contribution is -2.56. The number of morpholine rings is 1. The number of hydrogen-bond acceptors (Lipinski definition) is 26. The van der Waals surface area contributed by atoms with Crippen LogP contribution in [0.15, 0.2) is 158 Å². The van der Waals surface area contributed by atoms with E-state index in [1.54, 1.807) is 67.1 Å². The molecular weight excluding hydrogens is 1370 g/mol. The van der Waals surface area contributed by atoms with Crippen LogP contribution in [-0.2, 0) is 23.7 Å². The molecular formula is C81H85N19O8. The normalized spacial score (nSPS) is 17.6. The number of ether oxygens (including phenoxy) is 6. The zero-order valence-corrected chi connectivity index (χ0v) is 59.9. The first kappa shape index (κ1) is 73.2. The molecule has 0 bridgehead atoms. The van der Waals surface area contributed by atoms with Crippen LogP contribution in [0.4, 0.5) is 57.3 Å². The predicted octanol–water partition coefficient (Wildman–Crippen LogP) is 10.6. The fraction of sp³-hybridized carbons (Fsp3) is 0.346. The van der Waals surface area contributed by atoms with Crippen LogP contribution in [0.1, 0.15) is 60.8 Å². The predicted molar refractivity (Wildman–Crippen MR) is 412 cm³/mol. The number of nitrogens with one attached hydrogen (secondary N) is 6. The van der Waals surface area contributed by atoms with Gasteiger partial charge in [-0.2, -0.15) is 15.8 Å². The molecule has 6 aromatic carbocycles. The standard InChI is InChI=1S/C28H27N5O4.C27H31N7O2.C26H27N7O2/c29-17-20-15-19(1-3-25(20)36-23-6-11-34-12-7-23)28-31-10-5-27(33-28)32-22-2-4-26(21(16-22)18-30)37-24-8-13-35-14-9-24;28-14-20-13-19(1-6-25(20)34-15-24(35)16-34)27-29-8-7-26(31-27)30-21-2-4-22(5-3-21)32-9-11-33(12-10-32)23-17-36-18-23;27-17-19-16-18(3-8-22(19)31-26(34)23-2-1-10-28-23)25-29-11-9-24(32-25)30-20-4-6-21(7-5-20)33-12-14-35-15-13-33/h1-5,10,15-16,23-24H,6-9,11-14H2,(H,31,32,33);1-8,13-14,23-24,28,35H,9-12,15-18H2,(H,29,30,31);3-9,11,16,23,28H,1-2,10,12-15H2,(H,31,34)(H,29,30,32). The van der Waals surface area contributed by atoms with Crippen LogP contribution in [0.25, 0.3) is 34.2 Å². The van der Waals surface area contributed by atoms with E-state index in [-0.39, 0.29) is 30.3 Å². The van der Waals surface area contributed by atoms with Crippen LogP contribution in [0, 0.1) is 39.4 Å². The molecule has 7 aliphatic heterocycles. The van der Waals surface area contributed by atoms with E-state index in [4.69, 9.17) is 38.8 Å². The molecule has 0 spiro atoms. The number of nitrogens with zero attached hydrogens (tertiary/aromatic N) is 13. The third-order valence-electron chi connectivity index (χ3n) is 19.8. The van der Waals surface area contributed by atoms with Crippen molar-refractivity contribution >= 4 is 69.4 Å². The summed E-state index contributed by atoms with van der Waals surface area (Å²) >= 11 is 0. The van der Waals surface area contributed by atoms with Gasteiger partial charge in [0, 0.05) is 159 Å². The van der Waals surface area contributed by atoms with Crippen molar-refractivity contribution in [2.24, 2.45) is 0 Å². The van der Waals surface area contributed by atoms with E-state index in [2.05, 4.69) is 126 Å². The Morgan fingerprint density at radius 1 is 0.528 bits per heavy atom. The Morgan fingerprint density at radius 3 is 1.52 bits per heavy atom. The van der Waals surface area contributed by atoms with Gasteiger partial charge in [0.1, 0.15) is 59.4 Å². The van der Waals surface area contributed by atoms with Crippen molar-refractivity contribution in [2.75, 3.05) is 148 Å². The number of aliphatic hydroxyl groups excluding tert-OH is 1. The van der Waals surface area contributed by atoms with Crippen LogP contribution in [-0.4, -0.2) is 194 Å². The van der Waals surface area contributed by atoms with Gasteiger partial charge in [-0.05, 0) is 159 Å². The first-order chi connectivity index (χ1) is 53.1. The average Bonchev–Trinajstić information content (AvgIpc) is 0.956. The molecule has 0 aliphatic carbocycles. The Kier molecular flexibility index (Phi) is 24.1. The molecule has 3 aromatic heterocycles. The van der Waals surface area contributed by atoms with Crippen LogP contribution in [0.3, 0.4) is 0 Å². The van der Waals surface area contributed by atoms with Gasteiger partial charge in [-0.15, -0.1) is 0 Å². The minimum Gasteiger partial charge on any atom is -0.489 e. The lowest BCUT2D eigenvalue weighted by Gasteiger charge is -2.43. The Balaban J connectivity index is 0.000000136. The minimum atomic E-state index is -0.291. The van der Waals surface area contributed by atoms with Crippen molar-refractivity contribution in [3.63, 3.8) is 0 Å². The molecule has 7 saturated heterocycles. The molecule has 1 atom stereocenters. The van der Waals surface area contributed by atoms with Crippen molar-refractivity contribution in [1.29, 1.82) is 21.2 Å². The van der Waals surface area contributed by atoms with Gasteiger partial charge in [-0.1, -0.05) is 0 Å². The van der Waals surface area contributed by atoms with Gasteiger partial charge in [0.25, 0.3) is 0 Å². The van der Waals surface area contributed by atoms with Gasteiger partial charge in [0.2, 0.25) is 5.91 Å². The first-order valence-electron chi connectivity index (χ1n) is 36.7. The number of carbonyl (C=O) groups excluding carboxylic acids is 1. The number of piperazine rings is 1. The number of nitriles is 3. The zero-order valence-electron chi connectivity index (χ0n) is 59.9. The van der Waals surface area contributed by atoms with Crippen LogP contribution in [0.5, 0.6) is 11.5 Å². The van der Waals surface area contributed by atoms with E-state index < -0.39 is 0 Å². The first-order valence-corrected chi connectivity index (χ1v) is 36.7. The maximum absolute atomic E-state index is 12.4. The summed E-state index contributed by atoms with van der Waals surface area (Å²) in [7, 11) is 0. The number of benzene rings is 6. The molecule has 16 rings (SSSR count). The fourth-order valence-corrected chi connectivity index (χ4v) is 13.6. The highest BCUT2D eigenvalue weighted by atomic mass is 16.5. The number of aromatic nitrogens is 6. The highest BCUT2D eigenvalue weighted by molar-refractivity contribution is 5.96. The summed E-state index contributed by atoms with van der Waals surface area (Å²) in [5.74, 6) is 4.50. The minimum absolute atomic E-state index is 0.0437. The largest absolute Gasteiger partial charge is 0.489 e. The molecule has 1 amide bonds. The zero-order chi connectivity index (χ0) is 74.0. The molecule has 9 aromatic rings. The van der Waals surface area contributed by atoms with Gasteiger partial charge in [0.05, 0.1) is 93.4 Å². The summed E-state index contributed by atoms with van der Waals surface area (Å²) in [6.07, 6.45) is 11.2. The topological polar surface area (TPSA) is 338 Å². The van der Waals surface area contributed by atoms with E-state index >= 15 is 0 Å². The number of hydrogen-bond donors (Lipinski definition) is 7. The Morgan fingerprint density at radius 2 is 1.01 bits per heavy atom. The monoisotopic (exact) mass is 1450 g/mol. The quantitative estimate of drug-likeness (QED) is 0.0349. The number of anilines is 10.